The van der Waals surface area contributed by atoms with Crippen LogP contribution in [-0.4, -0.2) is 18.9 Å². The second-order valence-corrected chi connectivity index (χ2v) is 7.51. The predicted octanol–water partition coefficient (Wildman–Crippen LogP) is 3.69. The topological polar surface area (TPSA) is 43.4 Å². The molecule has 1 unspecified atom stereocenters. The molecule has 0 aromatic carbocycles. The van der Waals surface area contributed by atoms with E-state index in [0.29, 0.717) is 0 Å². The zero-order valence-corrected chi connectivity index (χ0v) is 13.7. The third-order valence-electron chi connectivity index (χ3n) is 3.30. The van der Waals surface area contributed by atoms with Crippen LogP contribution in [-0.2, 0) is 20.7 Å². The lowest BCUT2D eigenvalue weighted by atomic mass is 9.79. The third-order valence-corrected chi connectivity index (χ3v) is 4.98. The van der Waals surface area contributed by atoms with Gasteiger partial charge in [0.1, 0.15) is 5.57 Å². The Labute approximate surface area is 130 Å². The van der Waals surface area contributed by atoms with E-state index >= 15 is 0 Å². The molecule has 1 aromatic rings. The number of thiophene rings is 1. The molecule has 1 aliphatic rings. The smallest absolute Gasteiger partial charge is 0.341 e. The van der Waals surface area contributed by atoms with Crippen molar-refractivity contribution in [3.63, 3.8) is 0 Å². The van der Waals surface area contributed by atoms with Gasteiger partial charge in [-0.2, -0.15) is 0 Å². The molecule has 3 nitrogen and oxygen atoms in total. The molecular weight excluding hydrogens is 340 g/mol. The minimum absolute atomic E-state index is 0.130. The Morgan fingerprint density at radius 3 is 2.80 bits per heavy atom. The number of aryl methyl sites for hydroxylation is 1. The van der Waals surface area contributed by atoms with Crippen molar-refractivity contribution in [3.05, 3.63) is 44.6 Å². The summed E-state index contributed by atoms with van der Waals surface area (Å²) in [5, 5.41) is 0. The number of methoxy groups -OCH3 is 1. The number of hydrogen-bond donors (Lipinski definition) is 0. The van der Waals surface area contributed by atoms with Gasteiger partial charge in [0, 0.05) is 10.3 Å². The van der Waals surface area contributed by atoms with Crippen molar-refractivity contribution < 1.29 is 14.3 Å². The molecule has 1 aromatic heterocycles. The first-order chi connectivity index (χ1) is 9.43. The molecule has 2 rings (SSSR count). The molecule has 0 spiro atoms. The highest BCUT2D eigenvalue weighted by Gasteiger charge is 2.29. The van der Waals surface area contributed by atoms with Gasteiger partial charge in [-0.1, -0.05) is 19.1 Å². The molecule has 0 radical (unpaired) electrons. The van der Waals surface area contributed by atoms with Crippen molar-refractivity contribution in [1.82, 2.24) is 0 Å². The largest absolute Gasteiger partial charge is 0.465 e. The first kappa shape index (κ1) is 15.2. The summed E-state index contributed by atoms with van der Waals surface area (Å²) in [7, 11) is 1.29. The lowest BCUT2D eigenvalue weighted by Gasteiger charge is -2.25. The predicted molar refractivity (Wildman–Crippen MR) is 82.7 cm³/mol. The van der Waals surface area contributed by atoms with E-state index in [0.717, 1.165) is 16.6 Å². The van der Waals surface area contributed by atoms with Crippen LogP contribution in [0.25, 0.3) is 0 Å². The van der Waals surface area contributed by atoms with Gasteiger partial charge in [0.25, 0.3) is 0 Å². The van der Waals surface area contributed by atoms with Gasteiger partial charge >= 0.3 is 5.97 Å². The normalized spacial score (nSPS) is 21.8. The molecule has 1 aliphatic carbocycles. The molecule has 1 heterocycles. The zero-order chi connectivity index (χ0) is 14.8. The highest BCUT2D eigenvalue weighted by molar-refractivity contribution is 9.11. The Morgan fingerprint density at radius 1 is 1.45 bits per heavy atom. The summed E-state index contributed by atoms with van der Waals surface area (Å²) in [4.78, 5) is 24.6. The summed E-state index contributed by atoms with van der Waals surface area (Å²) in [6.07, 6.45) is 6.80. The zero-order valence-electron chi connectivity index (χ0n) is 11.3. The van der Waals surface area contributed by atoms with Crippen LogP contribution in [0, 0.1) is 5.41 Å². The average Bonchev–Trinajstić information content (AvgIpc) is 2.85. The van der Waals surface area contributed by atoms with Crippen molar-refractivity contribution in [2.45, 2.75) is 19.8 Å². The van der Waals surface area contributed by atoms with Crippen molar-refractivity contribution >= 4 is 39.0 Å². The number of hydrogen-bond acceptors (Lipinski definition) is 4. The monoisotopic (exact) mass is 354 g/mol. The fourth-order valence-corrected chi connectivity index (χ4v) is 3.59. The number of rotatable bonds is 4. The second-order valence-electron chi connectivity index (χ2n) is 4.96. The number of halogens is 1. The summed E-state index contributed by atoms with van der Waals surface area (Å²) in [6.45, 7) is 2.02. The van der Waals surface area contributed by atoms with E-state index in [4.69, 9.17) is 0 Å². The number of carbonyl (C=O) groups is 2. The molecule has 1 atom stereocenters. The number of esters is 1. The summed E-state index contributed by atoms with van der Waals surface area (Å²) in [6, 6.07) is 4.11. The maximum absolute atomic E-state index is 11.7. The Bertz CT molecular complexity index is 600. The van der Waals surface area contributed by atoms with Crippen molar-refractivity contribution in [2.24, 2.45) is 5.41 Å². The van der Waals surface area contributed by atoms with Crippen molar-refractivity contribution in [3.8, 4) is 0 Å². The molecule has 5 heteroatoms. The van der Waals surface area contributed by atoms with Gasteiger partial charge in [-0.3, -0.25) is 4.79 Å². The number of ketones is 1. The van der Waals surface area contributed by atoms with Gasteiger partial charge in [0.05, 0.1) is 10.9 Å². The van der Waals surface area contributed by atoms with Crippen LogP contribution in [0.1, 0.15) is 18.2 Å². The van der Waals surface area contributed by atoms with E-state index in [-0.39, 0.29) is 16.8 Å². The molecular formula is C15H15BrO3S. The molecule has 0 amide bonds. The number of carbonyl (C=O) groups excluding carboxylic acids is 2. The summed E-state index contributed by atoms with van der Waals surface area (Å²) in [5.74, 6) is -0.849. The van der Waals surface area contributed by atoms with Gasteiger partial charge in [0.15, 0.2) is 5.78 Å². The number of ether oxygens (including phenoxy) is 1. The first-order valence-electron chi connectivity index (χ1n) is 6.22. The molecule has 0 fully saturated rings. The Balaban J connectivity index is 2.13. The van der Waals surface area contributed by atoms with Crippen LogP contribution in [0.2, 0.25) is 0 Å². The average molecular weight is 355 g/mol. The standard InChI is InChI=1S/C15H15BrO3S/c1-15(7-5-10-3-4-13(16)20-10)8-6-12(17)11(9-15)14(18)19-2/h3-4,6,8-9H,5,7H2,1-2H3. The van der Waals surface area contributed by atoms with Crippen LogP contribution in [0.4, 0.5) is 0 Å². The lowest BCUT2D eigenvalue weighted by Crippen LogP contribution is -2.23. The Hall–Kier alpha value is -1.20. The van der Waals surface area contributed by atoms with Crippen LogP contribution in [0.5, 0.6) is 0 Å². The maximum atomic E-state index is 11.7. The molecule has 0 saturated heterocycles. The quantitative estimate of drug-likeness (QED) is 0.611. The molecule has 20 heavy (non-hydrogen) atoms. The van der Waals surface area contributed by atoms with Crippen LogP contribution >= 0.6 is 27.3 Å². The van der Waals surface area contributed by atoms with Gasteiger partial charge in [-0.25, -0.2) is 4.79 Å². The van der Waals surface area contributed by atoms with E-state index in [2.05, 4.69) is 26.7 Å². The second kappa shape index (κ2) is 6.06. The Morgan fingerprint density at radius 2 is 2.20 bits per heavy atom. The molecule has 0 N–H and O–H groups in total. The van der Waals surface area contributed by atoms with Gasteiger partial charge in [0.2, 0.25) is 0 Å². The van der Waals surface area contributed by atoms with Gasteiger partial charge in [-0.05, 0) is 47.0 Å². The van der Waals surface area contributed by atoms with E-state index in [9.17, 15) is 9.59 Å². The molecule has 0 bridgehead atoms. The third kappa shape index (κ3) is 3.46. The highest BCUT2D eigenvalue weighted by Crippen LogP contribution is 2.34. The summed E-state index contributed by atoms with van der Waals surface area (Å²) >= 11 is 5.14. The molecule has 0 saturated carbocycles. The lowest BCUT2D eigenvalue weighted by molar-refractivity contribution is -0.137. The van der Waals surface area contributed by atoms with Gasteiger partial charge < -0.3 is 4.74 Å². The molecule has 106 valence electrons. The van der Waals surface area contributed by atoms with E-state index in [1.165, 1.54) is 18.1 Å². The van der Waals surface area contributed by atoms with Crippen molar-refractivity contribution in [2.75, 3.05) is 7.11 Å². The summed E-state index contributed by atoms with van der Waals surface area (Å²) < 4.78 is 5.76. The van der Waals surface area contributed by atoms with Crippen LogP contribution in [0.3, 0.4) is 0 Å². The minimum atomic E-state index is -0.565. The summed E-state index contributed by atoms with van der Waals surface area (Å²) in [5.41, 5.74) is -0.168. The van der Waals surface area contributed by atoms with E-state index in [1.54, 1.807) is 17.4 Å². The number of allylic oxidation sites excluding steroid dienone is 3. The van der Waals surface area contributed by atoms with Crippen molar-refractivity contribution in [1.29, 1.82) is 0 Å². The minimum Gasteiger partial charge on any atom is -0.465 e. The van der Waals surface area contributed by atoms with E-state index in [1.807, 2.05) is 19.1 Å². The fraction of sp³-hybridized carbons (Fsp3) is 0.333. The highest BCUT2D eigenvalue weighted by atomic mass is 79.9. The van der Waals surface area contributed by atoms with Crippen LogP contribution in [0.15, 0.2) is 39.7 Å². The van der Waals surface area contributed by atoms with Crippen LogP contribution < -0.4 is 0 Å². The first-order valence-corrected chi connectivity index (χ1v) is 7.83. The SMILES string of the molecule is COC(=O)C1=CC(C)(CCc2ccc(Br)s2)C=CC1=O. The van der Waals surface area contributed by atoms with Gasteiger partial charge in [-0.15, -0.1) is 11.3 Å². The Kier molecular flexibility index (Phi) is 4.60. The fourth-order valence-electron chi connectivity index (χ4n) is 2.11. The maximum Gasteiger partial charge on any atom is 0.341 e. The van der Waals surface area contributed by atoms with E-state index < -0.39 is 5.97 Å². The molecule has 0 aliphatic heterocycles.